The van der Waals surface area contributed by atoms with Gasteiger partial charge in [-0.25, -0.2) is 4.98 Å². The van der Waals surface area contributed by atoms with Crippen LogP contribution in [0.1, 0.15) is 20.8 Å². The number of nitrogen functional groups attached to an aromatic ring is 1. The van der Waals surface area contributed by atoms with Gasteiger partial charge in [0.15, 0.2) is 5.13 Å². The van der Waals surface area contributed by atoms with Crippen molar-refractivity contribution < 1.29 is 4.79 Å². The van der Waals surface area contributed by atoms with Crippen molar-refractivity contribution in [2.75, 3.05) is 11.1 Å². The molecule has 0 aliphatic carbocycles. The van der Waals surface area contributed by atoms with Gasteiger partial charge in [-0.3, -0.25) is 4.79 Å². The summed E-state index contributed by atoms with van der Waals surface area (Å²) in [5.74, 6) is 0.112. The zero-order chi connectivity index (χ0) is 16.4. The summed E-state index contributed by atoms with van der Waals surface area (Å²) in [6.07, 6.45) is 0. The van der Waals surface area contributed by atoms with Gasteiger partial charge in [0.1, 0.15) is 10.7 Å². The van der Waals surface area contributed by atoms with Crippen molar-refractivity contribution in [2.24, 2.45) is 0 Å². The van der Waals surface area contributed by atoms with E-state index in [9.17, 15) is 4.79 Å². The number of nitrogens with two attached hydrogens (primary N) is 1. The minimum absolute atomic E-state index is 0.121. The standard InChI is InChI=1S/C17H14ClN3OS/c1-10-2-4-11(5-3-10)14(22)15-16(19)21-17(23-15)20-13-8-6-12(18)7-9-13/h2-9H,19H2,1H3,(H,20,21). The highest BCUT2D eigenvalue weighted by Gasteiger charge is 2.18. The first kappa shape index (κ1) is 15.5. The number of thiazole rings is 1. The predicted octanol–water partition coefficient (Wildman–Crippen LogP) is 4.66. The number of aryl methyl sites for hydroxylation is 1. The lowest BCUT2D eigenvalue weighted by Gasteiger charge is -2.01. The number of benzene rings is 2. The monoisotopic (exact) mass is 343 g/mol. The van der Waals surface area contributed by atoms with E-state index >= 15 is 0 Å². The van der Waals surface area contributed by atoms with Gasteiger partial charge in [0.2, 0.25) is 5.78 Å². The van der Waals surface area contributed by atoms with Crippen LogP contribution in [0.2, 0.25) is 5.02 Å². The molecule has 3 rings (SSSR count). The number of nitrogens with one attached hydrogen (secondary N) is 1. The fourth-order valence-corrected chi connectivity index (χ4v) is 3.03. The molecule has 3 aromatic rings. The van der Waals surface area contributed by atoms with Crippen molar-refractivity contribution in [1.82, 2.24) is 4.98 Å². The van der Waals surface area contributed by atoms with Gasteiger partial charge in [0, 0.05) is 16.3 Å². The summed E-state index contributed by atoms with van der Waals surface area (Å²) in [6.45, 7) is 1.98. The summed E-state index contributed by atoms with van der Waals surface area (Å²) >= 11 is 7.09. The Morgan fingerprint density at radius 1 is 1.13 bits per heavy atom. The number of carbonyl (C=O) groups is 1. The van der Waals surface area contributed by atoms with Crippen LogP contribution in [-0.4, -0.2) is 10.8 Å². The SMILES string of the molecule is Cc1ccc(C(=O)c2sc(Nc3ccc(Cl)cc3)nc2N)cc1. The topological polar surface area (TPSA) is 68.0 Å². The molecule has 23 heavy (non-hydrogen) atoms. The van der Waals surface area contributed by atoms with E-state index in [2.05, 4.69) is 10.3 Å². The van der Waals surface area contributed by atoms with Crippen LogP contribution in [0.15, 0.2) is 48.5 Å². The third-order valence-corrected chi connectivity index (χ3v) is 4.51. The zero-order valence-corrected chi connectivity index (χ0v) is 13.9. The fraction of sp³-hybridized carbons (Fsp3) is 0.0588. The molecular weight excluding hydrogens is 330 g/mol. The van der Waals surface area contributed by atoms with Crippen LogP contribution in [0.4, 0.5) is 16.6 Å². The molecule has 0 atom stereocenters. The van der Waals surface area contributed by atoms with Crippen LogP contribution in [-0.2, 0) is 0 Å². The average molecular weight is 344 g/mol. The van der Waals surface area contributed by atoms with Gasteiger partial charge in [-0.05, 0) is 31.2 Å². The van der Waals surface area contributed by atoms with E-state index in [1.165, 1.54) is 11.3 Å². The largest absolute Gasteiger partial charge is 0.382 e. The number of aromatic nitrogens is 1. The van der Waals surface area contributed by atoms with Crippen molar-refractivity contribution >= 4 is 45.4 Å². The van der Waals surface area contributed by atoms with Gasteiger partial charge >= 0.3 is 0 Å². The van der Waals surface area contributed by atoms with E-state index in [1.807, 2.05) is 31.2 Å². The normalized spacial score (nSPS) is 10.5. The fourth-order valence-electron chi connectivity index (χ4n) is 2.04. The summed E-state index contributed by atoms with van der Waals surface area (Å²) in [7, 11) is 0. The Hall–Kier alpha value is -2.37. The minimum atomic E-state index is -0.121. The summed E-state index contributed by atoms with van der Waals surface area (Å²) in [5, 5.41) is 4.35. The smallest absolute Gasteiger partial charge is 0.206 e. The van der Waals surface area contributed by atoms with Crippen LogP contribution in [0.25, 0.3) is 0 Å². The van der Waals surface area contributed by atoms with Crippen LogP contribution in [0, 0.1) is 6.92 Å². The van der Waals surface area contributed by atoms with Crippen LogP contribution in [0.5, 0.6) is 0 Å². The summed E-state index contributed by atoms with van der Waals surface area (Å²) in [5.41, 5.74) is 8.44. The molecule has 0 fully saturated rings. The maximum absolute atomic E-state index is 12.5. The van der Waals surface area contributed by atoms with E-state index in [4.69, 9.17) is 17.3 Å². The minimum Gasteiger partial charge on any atom is -0.382 e. The second kappa shape index (κ2) is 6.40. The maximum atomic E-state index is 12.5. The van der Waals surface area contributed by atoms with Crippen LogP contribution in [0.3, 0.4) is 0 Å². The van der Waals surface area contributed by atoms with Gasteiger partial charge in [0.25, 0.3) is 0 Å². The third kappa shape index (κ3) is 3.52. The first-order valence-electron chi connectivity index (χ1n) is 6.93. The summed E-state index contributed by atoms with van der Waals surface area (Å²) < 4.78 is 0. The lowest BCUT2D eigenvalue weighted by Crippen LogP contribution is -2.02. The van der Waals surface area contributed by atoms with Crippen molar-refractivity contribution in [2.45, 2.75) is 6.92 Å². The Bertz CT molecular complexity index is 841. The Labute approximate surface area is 142 Å². The number of rotatable bonds is 4. The Kier molecular flexibility index (Phi) is 4.32. The second-order valence-electron chi connectivity index (χ2n) is 5.06. The summed E-state index contributed by atoms with van der Waals surface area (Å²) in [6, 6.07) is 14.6. The number of ketones is 1. The molecule has 0 saturated carbocycles. The van der Waals surface area contributed by atoms with E-state index < -0.39 is 0 Å². The van der Waals surface area contributed by atoms with Gasteiger partial charge in [-0.15, -0.1) is 0 Å². The molecule has 0 aliphatic heterocycles. The molecule has 116 valence electrons. The molecule has 1 heterocycles. The highest BCUT2D eigenvalue weighted by atomic mass is 35.5. The Balaban J connectivity index is 1.84. The van der Waals surface area contributed by atoms with Crippen molar-refractivity contribution in [3.63, 3.8) is 0 Å². The van der Waals surface area contributed by atoms with Gasteiger partial charge in [0.05, 0.1) is 0 Å². The number of hydrogen-bond donors (Lipinski definition) is 2. The van der Waals surface area contributed by atoms with Crippen LogP contribution < -0.4 is 11.1 Å². The van der Waals surface area contributed by atoms with Crippen LogP contribution >= 0.6 is 22.9 Å². The quantitative estimate of drug-likeness (QED) is 0.676. The van der Waals surface area contributed by atoms with E-state index in [0.29, 0.717) is 20.6 Å². The third-order valence-electron chi connectivity index (χ3n) is 3.27. The molecule has 6 heteroatoms. The Morgan fingerprint density at radius 3 is 2.43 bits per heavy atom. The van der Waals surface area contributed by atoms with Crippen molar-refractivity contribution in [3.05, 3.63) is 69.6 Å². The highest BCUT2D eigenvalue weighted by molar-refractivity contribution is 7.18. The van der Waals surface area contributed by atoms with Crippen molar-refractivity contribution in [1.29, 1.82) is 0 Å². The first-order valence-corrected chi connectivity index (χ1v) is 8.12. The molecule has 0 saturated heterocycles. The van der Waals surface area contributed by atoms with Crippen molar-refractivity contribution in [3.8, 4) is 0 Å². The number of anilines is 3. The molecule has 3 N–H and O–H groups in total. The maximum Gasteiger partial charge on any atom is 0.206 e. The molecule has 2 aromatic carbocycles. The zero-order valence-electron chi connectivity index (χ0n) is 12.3. The van der Waals surface area contributed by atoms with Gasteiger partial charge in [-0.2, -0.15) is 0 Å². The van der Waals surface area contributed by atoms with Gasteiger partial charge < -0.3 is 11.1 Å². The highest BCUT2D eigenvalue weighted by Crippen LogP contribution is 2.30. The number of hydrogen-bond acceptors (Lipinski definition) is 5. The van der Waals surface area contributed by atoms with E-state index in [-0.39, 0.29) is 11.6 Å². The molecule has 0 spiro atoms. The predicted molar refractivity (Wildman–Crippen MR) is 95.9 cm³/mol. The van der Waals surface area contributed by atoms with Gasteiger partial charge in [-0.1, -0.05) is 52.8 Å². The molecule has 0 radical (unpaired) electrons. The number of halogens is 1. The van der Waals surface area contributed by atoms with E-state index in [1.54, 1.807) is 24.3 Å². The average Bonchev–Trinajstić information content (AvgIpc) is 2.90. The van der Waals surface area contributed by atoms with E-state index in [0.717, 1.165) is 11.3 Å². The molecule has 0 amide bonds. The first-order chi connectivity index (χ1) is 11.0. The number of nitrogens with zero attached hydrogens (tertiary/aromatic N) is 1. The summed E-state index contributed by atoms with van der Waals surface area (Å²) in [4.78, 5) is 17.2. The molecular formula is C17H14ClN3OS. The second-order valence-corrected chi connectivity index (χ2v) is 6.50. The number of carbonyl (C=O) groups excluding carboxylic acids is 1. The molecule has 1 aromatic heterocycles. The lowest BCUT2D eigenvalue weighted by molar-refractivity contribution is 0.104. The Morgan fingerprint density at radius 2 is 1.78 bits per heavy atom. The molecule has 4 nitrogen and oxygen atoms in total. The lowest BCUT2D eigenvalue weighted by atomic mass is 10.1. The molecule has 0 bridgehead atoms. The molecule has 0 unspecified atom stereocenters. The molecule has 0 aliphatic rings.